The highest BCUT2D eigenvalue weighted by atomic mass is 19.3. The third kappa shape index (κ3) is 14.3. The number of nitrogens with zero attached hydrogens (tertiary/aromatic N) is 2. The second kappa shape index (κ2) is 18.1. The molecule has 0 saturated heterocycles. The van der Waals surface area contributed by atoms with Crippen LogP contribution in [0.4, 0.5) is 8.78 Å². The topological polar surface area (TPSA) is 46.9 Å². The molecule has 0 aliphatic carbocycles. The smallest absolute Gasteiger partial charge is 0.282 e. The average Bonchev–Trinajstić information content (AvgIpc) is 3.11. The number of rotatable bonds is 20. The predicted octanol–water partition coefficient (Wildman–Crippen LogP) is 7.51. The molecule has 0 spiro atoms. The summed E-state index contributed by atoms with van der Waals surface area (Å²) in [4.78, 5) is 11.9. The van der Waals surface area contributed by atoms with Crippen LogP contribution in [0.5, 0.6) is 0 Å². The number of amides is 1. The maximum absolute atomic E-state index is 12.6. The first-order chi connectivity index (χ1) is 15.0. The van der Waals surface area contributed by atoms with E-state index in [2.05, 4.69) is 17.3 Å². The van der Waals surface area contributed by atoms with Crippen LogP contribution in [-0.2, 0) is 11.3 Å². The SMILES string of the molecule is CCCCCCCCCCCCCCCCCCNC(=O)Cn1nc(C(F)F)cc1C. The largest absolute Gasteiger partial charge is 0.354 e. The van der Waals surface area contributed by atoms with Gasteiger partial charge in [0.25, 0.3) is 6.43 Å². The van der Waals surface area contributed by atoms with Crippen LogP contribution >= 0.6 is 0 Å². The Kier molecular flexibility index (Phi) is 16.1. The fourth-order valence-corrected chi connectivity index (χ4v) is 3.90. The van der Waals surface area contributed by atoms with E-state index >= 15 is 0 Å². The number of hydrogen-bond acceptors (Lipinski definition) is 2. The van der Waals surface area contributed by atoms with Gasteiger partial charge in [-0.25, -0.2) is 8.78 Å². The van der Waals surface area contributed by atoms with Crippen LogP contribution in [0.2, 0.25) is 0 Å². The third-order valence-corrected chi connectivity index (χ3v) is 5.87. The minimum Gasteiger partial charge on any atom is -0.354 e. The summed E-state index contributed by atoms with van der Waals surface area (Å²) in [5.74, 6) is -0.173. The van der Waals surface area contributed by atoms with Crippen molar-refractivity contribution >= 4 is 5.91 Å². The quantitative estimate of drug-likeness (QED) is 0.213. The number of alkyl halides is 2. The van der Waals surface area contributed by atoms with E-state index < -0.39 is 6.43 Å². The predicted molar refractivity (Wildman–Crippen MR) is 124 cm³/mol. The molecular weight excluding hydrogens is 396 g/mol. The lowest BCUT2D eigenvalue weighted by atomic mass is 10.0. The first-order valence-electron chi connectivity index (χ1n) is 12.6. The molecule has 31 heavy (non-hydrogen) atoms. The summed E-state index contributed by atoms with van der Waals surface area (Å²) in [7, 11) is 0. The lowest BCUT2D eigenvalue weighted by molar-refractivity contribution is -0.121. The minimum absolute atomic E-state index is 0.00257. The zero-order chi connectivity index (χ0) is 22.7. The summed E-state index contributed by atoms with van der Waals surface area (Å²) < 4.78 is 26.6. The Morgan fingerprint density at radius 3 is 1.74 bits per heavy atom. The molecule has 0 radical (unpaired) electrons. The molecule has 0 unspecified atom stereocenters. The van der Waals surface area contributed by atoms with E-state index in [-0.39, 0.29) is 18.1 Å². The van der Waals surface area contributed by atoms with Crippen LogP contribution in [0.25, 0.3) is 0 Å². The van der Waals surface area contributed by atoms with Gasteiger partial charge in [-0.2, -0.15) is 5.10 Å². The van der Waals surface area contributed by atoms with Crippen molar-refractivity contribution in [1.82, 2.24) is 15.1 Å². The molecule has 1 heterocycles. The molecule has 4 nitrogen and oxygen atoms in total. The van der Waals surface area contributed by atoms with Crippen molar-refractivity contribution < 1.29 is 13.6 Å². The van der Waals surface area contributed by atoms with E-state index in [0.29, 0.717) is 12.2 Å². The Morgan fingerprint density at radius 2 is 1.32 bits per heavy atom. The first kappa shape index (κ1) is 27.6. The van der Waals surface area contributed by atoms with Gasteiger partial charge >= 0.3 is 0 Å². The normalized spacial score (nSPS) is 11.4. The van der Waals surface area contributed by atoms with E-state index in [1.807, 2.05) is 0 Å². The van der Waals surface area contributed by atoms with Crippen LogP contribution < -0.4 is 5.32 Å². The average molecular weight is 442 g/mol. The number of aryl methyl sites for hydroxylation is 1. The van der Waals surface area contributed by atoms with Crippen molar-refractivity contribution in [1.29, 1.82) is 0 Å². The fraction of sp³-hybridized carbons (Fsp3) is 0.840. The molecule has 1 aromatic heterocycles. The highest BCUT2D eigenvalue weighted by molar-refractivity contribution is 5.75. The molecule has 1 aromatic rings. The summed E-state index contributed by atoms with van der Waals surface area (Å²) in [5, 5.41) is 6.64. The van der Waals surface area contributed by atoms with Crippen LogP contribution in [0.3, 0.4) is 0 Å². The van der Waals surface area contributed by atoms with Gasteiger partial charge in [-0.15, -0.1) is 0 Å². The van der Waals surface area contributed by atoms with Gasteiger partial charge in [-0.1, -0.05) is 103 Å². The molecule has 1 N–H and O–H groups in total. The molecule has 6 heteroatoms. The summed E-state index contributed by atoms with van der Waals surface area (Å²) in [5.41, 5.74) is 0.302. The number of carbonyl (C=O) groups excluding carboxylic acids is 1. The van der Waals surface area contributed by atoms with Gasteiger partial charge in [0.05, 0.1) is 0 Å². The van der Waals surface area contributed by atoms with Crippen molar-refractivity contribution in [2.24, 2.45) is 0 Å². The summed E-state index contributed by atoms with van der Waals surface area (Å²) in [6.45, 7) is 4.59. The van der Waals surface area contributed by atoms with Crippen molar-refractivity contribution in [3.8, 4) is 0 Å². The van der Waals surface area contributed by atoms with E-state index in [1.165, 1.54) is 101 Å². The maximum atomic E-state index is 12.6. The second-order valence-corrected chi connectivity index (χ2v) is 8.82. The van der Waals surface area contributed by atoms with Crippen LogP contribution in [0.15, 0.2) is 6.07 Å². The molecule has 0 fully saturated rings. The lowest BCUT2D eigenvalue weighted by Crippen LogP contribution is -2.29. The van der Waals surface area contributed by atoms with Crippen molar-refractivity contribution in [2.75, 3.05) is 6.54 Å². The highest BCUT2D eigenvalue weighted by Crippen LogP contribution is 2.18. The number of aromatic nitrogens is 2. The molecule has 0 bridgehead atoms. The Morgan fingerprint density at radius 1 is 0.871 bits per heavy atom. The fourth-order valence-electron chi connectivity index (χ4n) is 3.90. The van der Waals surface area contributed by atoms with E-state index in [0.717, 1.165) is 12.8 Å². The van der Waals surface area contributed by atoms with Gasteiger partial charge < -0.3 is 5.32 Å². The molecule has 1 amide bonds. The van der Waals surface area contributed by atoms with Crippen LogP contribution in [0, 0.1) is 6.92 Å². The molecular formula is C25H45F2N3O. The van der Waals surface area contributed by atoms with Gasteiger partial charge in [0.1, 0.15) is 12.2 Å². The monoisotopic (exact) mass is 441 g/mol. The number of hydrogen-bond donors (Lipinski definition) is 1. The molecule has 0 aromatic carbocycles. The zero-order valence-corrected chi connectivity index (χ0v) is 19.9. The summed E-state index contributed by atoms with van der Waals surface area (Å²) in [6.07, 6.45) is 18.6. The molecule has 0 saturated carbocycles. The Hall–Kier alpha value is -1.46. The summed E-state index contributed by atoms with van der Waals surface area (Å²) >= 11 is 0. The first-order valence-corrected chi connectivity index (χ1v) is 12.6. The number of halogens is 2. The molecule has 1 rings (SSSR count). The third-order valence-electron chi connectivity index (χ3n) is 5.87. The van der Waals surface area contributed by atoms with Gasteiger partial charge in [0, 0.05) is 12.2 Å². The highest BCUT2D eigenvalue weighted by Gasteiger charge is 2.14. The molecule has 0 aliphatic heterocycles. The van der Waals surface area contributed by atoms with E-state index in [4.69, 9.17) is 0 Å². The summed E-state index contributed by atoms with van der Waals surface area (Å²) in [6, 6.07) is 1.33. The van der Waals surface area contributed by atoms with E-state index in [9.17, 15) is 13.6 Å². The van der Waals surface area contributed by atoms with Crippen LogP contribution in [-0.4, -0.2) is 22.2 Å². The van der Waals surface area contributed by atoms with Gasteiger partial charge in [-0.05, 0) is 19.4 Å². The maximum Gasteiger partial charge on any atom is 0.282 e. The zero-order valence-electron chi connectivity index (χ0n) is 19.9. The van der Waals surface area contributed by atoms with E-state index in [1.54, 1.807) is 6.92 Å². The van der Waals surface area contributed by atoms with Crippen LogP contribution in [0.1, 0.15) is 127 Å². The van der Waals surface area contributed by atoms with Gasteiger partial charge in [0.2, 0.25) is 5.91 Å². The Balaban J connectivity index is 1.86. The molecule has 180 valence electrons. The van der Waals surface area contributed by atoms with Crippen molar-refractivity contribution in [2.45, 2.75) is 130 Å². The molecule has 0 aliphatic rings. The number of unbranched alkanes of at least 4 members (excludes halogenated alkanes) is 15. The number of nitrogens with one attached hydrogen (secondary N) is 1. The Labute approximate surface area is 188 Å². The Bertz CT molecular complexity index is 575. The van der Waals surface area contributed by atoms with Crippen molar-refractivity contribution in [3.63, 3.8) is 0 Å². The van der Waals surface area contributed by atoms with Gasteiger partial charge in [0.15, 0.2) is 0 Å². The standard InChI is InChI=1S/C25H45F2N3O/c1-3-4-5-6-7-8-9-10-11-12-13-14-15-16-17-18-19-28-24(31)21-30-22(2)20-23(29-30)25(26)27/h20,25H,3-19,21H2,1-2H3,(H,28,31). The second-order valence-electron chi connectivity index (χ2n) is 8.82. The lowest BCUT2D eigenvalue weighted by Gasteiger charge is -2.07. The molecule has 0 atom stereocenters. The van der Waals surface area contributed by atoms with Gasteiger partial charge in [-0.3, -0.25) is 9.48 Å². The van der Waals surface area contributed by atoms with Crippen molar-refractivity contribution in [3.05, 3.63) is 17.5 Å². The minimum atomic E-state index is -2.60. The number of carbonyl (C=O) groups is 1.